The minimum Gasteiger partial charge on any atom is -0.497 e. The smallest absolute Gasteiger partial charge is 0.416 e. The van der Waals surface area contributed by atoms with Gasteiger partial charge >= 0.3 is 18.4 Å². The zero-order valence-corrected chi connectivity index (χ0v) is 20.7. The Labute approximate surface area is 219 Å². The predicted molar refractivity (Wildman–Crippen MR) is 130 cm³/mol. The van der Waals surface area contributed by atoms with Crippen LogP contribution < -0.4 is 19.7 Å². The number of rotatable bonds is 5. The number of carbonyl (C=O) groups excluding carboxylic acids is 1. The normalized spacial score (nSPS) is 14.3. The number of benzene rings is 2. The molecule has 4 rings (SSSR count). The van der Waals surface area contributed by atoms with Gasteiger partial charge in [0.25, 0.3) is 0 Å². The van der Waals surface area contributed by atoms with Gasteiger partial charge in [0, 0.05) is 37.4 Å². The molecule has 0 atom stereocenters. The number of aromatic nitrogens is 2. The van der Waals surface area contributed by atoms with E-state index in [1.165, 1.54) is 12.0 Å². The molecule has 2 heterocycles. The predicted octanol–water partition coefficient (Wildman–Crippen LogP) is 5.55. The summed E-state index contributed by atoms with van der Waals surface area (Å²) in [5.41, 5.74) is -2.39. The Hall–Kier alpha value is -4.23. The monoisotopic (exact) mass is 555 g/mol. The van der Waals surface area contributed by atoms with E-state index in [0.29, 0.717) is 53.8 Å². The number of nitrogens with one attached hydrogen (secondary N) is 1. The van der Waals surface area contributed by atoms with Crippen molar-refractivity contribution < 1.29 is 40.6 Å². The van der Waals surface area contributed by atoms with E-state index in [0.717, 1.165) is 0 Å². The van der Waals surface area contributed by atoms with Gasteiger partial charge < -0.3 is 24.6 Å². The first kappa shape index (κ1) is 27.8. The standard InChI is InChI=1S/C25H23F6N5O3/c1-38-18-3-5-21(39-2)19(14-18)20-4-6-22(34-33-20)35-7-9-36(10-8-35)23(37)32-17-12-15(24(26,27)28)11-16(13-17)25(29,30)31/h3-6,11-14H,7-10H2,1-2H3,(H,32,37). The second kappa shape index (κ2) is 10.9. The third-order valence-corrected chi connectivity index (χ3v) is 6.06. The van der Waals surface area contributed by atoms with Gasteiger partial charge in [0.15, 0.2) is 5.82 Å². The highest BCUT2D eigenvalue weighted by atomic mass is 19.4. The molecule has 208 valence electrons. The van der Waals surface area contributed by atoms with E-state index in [9.17, 15) is 31.1 Å². The van der Waals surface area contributed by atoms with Crippen LogP contribution in [0.4, 0.5) is 42.6 Å². The van der Waals surface area contributed by atoms with Crippen LogP contribution in [0, 0.1) is 0 Å². The number of anilines is 2. The number of halogens is 6. The molecule has 0 bridgehead atoms. The summed E-state index contributed by atoms with van der Waals surface area (Å²) in [5, 5.41) is 10.7. The molecule has 3 aromatic rings. The number of nitrogens with zero attached hydrogens (tertiary/aromatic N) is 4. The Morgan fingerprint density at radius 3 is 1.97 bits per heavy atom. The van der Waals surface area contributed by atoms with Crippen LogP contribution in [-0.4, -0.2) is 61.5 Å². The summed E-state index contributed by atoms with van der Waals surface area (Å²) in [5.74, 6) is 1.74. The molecule has 1 saturated heterocycles. The number of urea groups is 1. The second-order valence-corrected chi connectivity index (χ2v) is 8.54. The van der Waals surface area contributed by atoms with E-state index >= 15 is 0 Å². The molecule has 1 N–H and O–H groups in total. The molecule has 0 unspecified atom stereocenters. The molecule has 8 nitrogen and oxygen atoms in total. The minimum absolute atomic E-state index is 0.00507. The fraction of sp³-hybridized carbons (Fsp3) is 0.320. The van der Waals surface area contributed by atoms with E-state index < -0.39 is 35.2 Å². The van der Waals surface area contributed by atoms with Gasteiger partial charge in [-0.2, -0.15) is 26.3 Å². The molecule has 0 saturated carbocycles. The Morgan fingerprint density at radius 1 is 0.821 bits per heavy atom. The third kappa shape index (κ3) is 6.44. The Kier molecular flexibility index (Phi) is 7.74. The molecule has 2 amide bonds. The maximum atomic E-state index is 13.1. The first-order valence-corrected chi connectivity index (χ1v) is 11.6. The van der Waals surface area contributed by atoms with Crippen molar-refractivity contribution in [1.29, 1.82) is 0 Å². The molecule has 2 aromatic carbocycles. The first-order valence-electron chi connectivity index (χ1n) is 11.6. The van der Waals surface area contributed by atoms with Crippen molar-refractivity contribution in [1.82, 2.24) is 15.1 Å². The zero-order valence-electron chi connectivity index (χ0n) is 20.7. The number of ether oxygens (including phenoxy) is 2. The van der Waals surface area contributed by atoms with Crippen molar-refractivity contribution in [3.8, 4) is 22.8 Å². The van der Waals surface area contributed by atoms with E-state index in [2.05, 4.69) is 15.5 Å². The highest BCUT2D eigenvalue weighted by molar-refractivity contribution is 5.89. The molecular weight excluding hydrogens is 532 g/mol. The van der Waals surface area contributed by atoms with Crippen molar-refractivity contribution in [2.24, 2.45) is 0 Å². The minimum atomic E-state index is -5.01. The first-order chi connectivity index (χ1) is 18.4. The molecule has 14 heteroatoms. The lowest BCUT2D eigenvalue weighted by Gasteiger charge is -2.35. The van der Waals surface area contributed by atoms with Crippen LogP contribution in [0.25, 0.3) is 11.3 Å². The number of piperazine rings is 1. The van der Waals surface area contributed by atoms with Crippen molar-refractivity contribution in [3.05, 3.63) is 59.7 Å². The van der Waals surface area contributed by atoms with Crippen molar-refractivity contribution in [2.45, 2.75) is 12.4 Å². The summed E-state index contributed by atoms with van der Waals surface area (Å²) in [4.78, 5) is 15.8. The SMILES string of the molecule is COc1ccc(OC)c(-c2ccc(N3CCN(C(=O)Nc4cc(C(F)(F)F)cc(C(F)(F)F)c4)CC3)nn2)c1. The summed E-state index contributed by atoms with van der Waals surface area (Å²) >= 11 is 0. The molecule has 1 aromatic heterocycles. The van der Waals surface area contributed by atoms with Crippen LogP contribution >= 0.6 is 0 Å². The van der Waals surface area contributed by atoms with E-state index in [1.807, 2.05) is 4.90 Å². The lowest BCUT2D eigenvalue weighted by molar-refractivity contribution is -0.143. The summed E-state index contributed by atoms with van der Waals surface area (Å²) in [7, 11) is 3.07. The molecule has 1 aliphatic heterocycles. The number of hydrogen-bond donors (Lipinski definition) is 1. The van der Waals surface area contributed by atoms with Crippen molar-refractivity contribution >= 4 is 17.5 Å². The summed E-state index contributed by atoms with van der Waals surface area (Å²) in [6, 6.07) is 8.90. The quantitative estimate of drug-likeness (QED) is 0.416. The van der Waals surface area contributed by atoms with Gasteiger partial charge in [0.2, 0.25) is 0 Å². The van der Waals surface area contributed by atoms with Crippen LogP contribution in [0.2, 0.25) is 0 Å². The molecule has 39 heavy (non-hydrogen) atoms. The number of amides is 2. The van der Waals surface area contributed by atoms with Gasteiger partial charge in [0.05, 0.1) is 31.0 Å². The molecule has 0 spiro atoms. The van der Waals surface area contributed by atoms with Crippen LogP contribution in [0.5, 0.6) is 11.5 Å². The topological polar surface area (TPSA) is 79.8 Å². The molecule has 0 aliphatic carbocycles. The highest BCUT2D eigenvalue weighted by Crippen LogP contribution is 2.38. The number of methoxy groups -OCH3 is 2. The van der Waals surface area contributed by atoms with Gasteiger partial charge in [-0.1, -0.05) is 0 Å². The van der Waals surface area contributed by atoms with Crippen LogP contribution in [-0.2, 0) is 12.4 Å². The van der Waals surface area contributed by atoms with Gasteiger partial charge in [0.1, 0.15) is 11.5 Å². The van der Waals surface area contributed by atoms with E-state index in [4.69, 9.17) is 9.47 Å². The summed E-state index contributed by atoms with van der Waals surface area (Å²) in [6.07, 6.45) is -10.0. The van der Waals surface area contributed by atoms with Crippen molar-refractivity contribution in [2.75, 3.05) is 50.6 Å². The van der Waals surface area contributed by atoms with E-state index in [1.54, 1.807) is 37.4 Å². The number of carbonyl (C=O) groups is 1. The molecular formula is C25H23F6N5O3. The van der Waals surface area contributed by atoms with Gasteiger partial charge in [-0.3, -0.25) is 0 Å². The lowest BCUT2D eigenvalue weighted by Crippen LogP contribution is -2.50. The van der Waals surface area contributed by atoms with Gasteiger partial charge in [-0.05, 0) is 48.5 Å². The Balaban J connectivity index is 1.42. The van der Waals surface area contributed by atoms with Crippen molar-refractivity contribution in [3.63, 3.8) is 0 Å². The Morgan fingerprint density at radius 2 is 1.46 bits per heavy atom. The second-order valence-electron chi connectivity index (χ2n) is 8.54. The van der Waals surface area contributed by atoms with Gasteiger partial charge in [-0.15, -0.1) is 10.2 Å². The third-order valence-electron chi connectivity index (χ3n) is 6.06. The fourth-order valence-electron chi connectivity index (χ4n) is 4.02. The lowest BCUT2D eigenvalue weighted by atomic mass is 10.1. The maximum absolute atomic E-state index is 13.1. The molecule has 1 fully saturated rings. The highest BCUT2D eigenvalue weighted by Gasteiger charge is 2.37. The molecule has 1 aliphatic rings. The Bertz CT molecular complexity index is 1290. The largest absolute Gasteiger partial charge is 0.497 e. The number of hydrogen-bond acceptors (Lipinski definition) is 6. The summed E-state index contributed by atoms with van der Waals surface area (Å²) < 4.78 is 89.3. The van der Waals surface area contributed by atoms with Crippen LogP contribution in [0.15, 0.2) is 48.5 Å². The molecule has 0 radical (unpaired) electrons. The number of alkyl halides is 6. The maximum Gasteiger partial charge on any atom is 0.416 e. The van der Waals surface area contributed by atoms with Gasteiger partial charge in [-0.25, -0.2) is 4.79 Å². The average molecular weight is 555 g/mol. The summed E-state index contributed by atoms with van der Waals surface area (Å²) in [6.45, 7) is 0.953. The zero-order chi connectivity index (χ0) is 28.4. The average Bonchev–Trinajstić information content (AvgIpc) is 2.91. The van der Waals surface area contributed by atoms with E-state index in [-0.39, 0.29) is 19.2 Å². The van der Waals surface area contributed by atoms with Crippen LogP contribution in [0.1, 0.15) is 11.1 Å². The van der Waals surface area contributed by atoms with Crippen LogP contribution in [0.3, 0.4) is 0 Å². The fourth-order valence-corrected chi connectivity index (χ4v) is 4.02.